The van der Waals surface area contributed by atoms with Gasteiger partial charge < -0.3 is 9.87 Å². The molecule has 1 aromatic carbocycles. The van der Waals surface area contributed by atoms with Crippen molar-refractivity contribution >= 4 is 22.6 Å². The minimum absolute atomic E-state index is 0.0571. The smallest absolute Gasteiger partial charge is 0.172 e. The zero-order valence-corrected chi connectivity index (χ0v) is 9.51. The Morgan fingerprint density at radius 3 is 2.81 bits per heavy atom. The van der Waals surface area contributed by atoms with Crippen LogP contribution in [-0.2, 0) is 11.1 Å². The number of ketones is 1. The van der Waals surface area contributed by atoms with Gasteiger partial charge in [0.25, 0.3) is 0 Å². The first-order valence-electron chi connectivity index (χ1n) is 4.68. The van der Waals surface area contributed by atoms with Crippen molar-refractivity contribution in [2.75, 3.05) is 11.2 Å². The van der Waals surface area contributed by atoms with Crippen LogP contribution in [0, 0.1) is 5.82 Å². The average Bonchev–Trinajstić information content (AvgIpc) is 2.26. The molecule has 0 radical (unpaired) electrons. The largest absolute Gasteiger partial charge is 0.369 e. The number of carbonyl (C=O) groups excluding carboxylic acids is 1. The van der Waals surface area contributed by atoms with Crippen molar-refractivity contribution in [3.8, 4) is 0 Å². The number of nitrogens with one attached hydrogen (secondary N) is 1. The fourth-order valence-electron chi connectivity index (χ4n) is 1.18. The van der Waals surface area contributed by atoms with Gasteiger partial charge in [-0.25, -0.2) is 8.60 Å². The Bertz CT molecular complexity index is 423. The molecule has 1 unspecified atom stereocenters. The third kappa shape index (κ3) is 3.39. The zero-order valence-electron chi connectivity index (χ0n) is 8.70. The minimum atomic E-state index is -2.06. The van der Waals surface area contributed by atoms with Crippen molar-refractivity contribution in [2.45, 2.75) is 13.3 Å². The third-order valence-corrected chi connectivity index (χ3v) is 2.39. The van der Waals surface area contributed by atoms with E-state index in [0.717, 1.165) is 6.07 Å². The lowest BCUT2D eigenvalue weighted by Crippen LogP contribution is -2.09. The predicted molar refractivity (Wildman–Crippen MR) is 60.3 cm³/mol. The Morgan fingerprint density at radius 1 is 1.56 bits per heavy atom. The number of rotatable bonds is 5. The highest BCUT2D eigenvalue weighted by atomic mass is 32.2. The summed E-state index contributed by atoms with van der Waals surface area (Å²) in [5.74, 6) is -0.938. The van der Waals surface area contributed by atoms with Crippen LogP contribution in [-0.4, -0.2) is 20.4 Å². The van der Waals surface area contributed by atoms with Crippen LogP contribution in [0.1, 0.15) is 23.7 Å². The quantitative estimate of drug-likeness (QED) is 0.615. The fraction of sp³-hybridized carbons (Fsp3) is 0.300. The maximum atomic E-state index is 13.2. The van der Waals surface area contributed by atoms with Crippen molar-refractivity contribution in [2.24, 2.45) is 0 Å². The average molecular weight is 245 g/mol. The molecule has 1 rings (SSSR count). The normalized spacial score (nSPS) is 12.2. The number of carbonyl (C=O) groups is 1. The van der Waals surface area contributed by atoms with Gasteiger partial charge in [0, 0.05) is 12.0 Å². The van der Waals surface area contributed by atoms with Crippen LogP contribution in [0.2, 0.25) is 0 Å². The summed E-state index contributed by atoms with van der Waals surface area (Å²) >= 11 is -2.06. The van der Waals surface area contributed by atoms with Crippen LogP contribution < -0.4 is 5.32 Å². The van der Waals surface area contributed by atoms with Gasteiger partial charge in [-0.1, -0.05) is 6.92 Å². The number of hydrogen-bond acceptors (Lipinski definition) is 3. The van der Waals surface area contributed by atoms with E-state index in [9.17, 15) is 13.4 Å². The Balaban J connectivity index is 2.90. The number of Topliss-reactive ketones (excluding diaryl/α,β-unsaturated/α-hetero) is 1. The topological polar surface area (TPSA) is 66.4 Å². The van der Waals surface area contributed by atoms with Crippen LogP contribution in [0.3, 0.4) is 0 Å². The highest BCUT2D eigenvalue weighted by Gasteiger charge is 2.08. The number of hydrogen-bond donors (Lipinski definition) is 2. The predicted octanol–water partition coefficient (Wildman–Crippen LogP) is 2.01. The Morgan fingerprint density at radius 2 is 2.25 bits per heavy atom. The SMILES string of the molecule is CCC(=O)c1ccc(F)c(NCS(=O)O)c1. The molecule has 0 amide bonds. The lowest BCUT2D eigenvalue weighted by molar-refractivity contribution is 0.0988. The van der Waals surface area contributed by atoms with Gasteiger partial charge in [-0.05, 0) is 18.2 Å². The Hall–Kier alpha value is -1.27. The maximum Gasteiger partial charge on any atom is 0.172 e. The van der Waals surface area contributed by atoms with E-state index in [2.05, 4.69) is 5.32 Å². The van der Waals surface area contributed by atoms with Crippen molar-refractivity contribution in [3.63, 3.8) is 0 Å². The lowest BCUT2D eigenvalue weighted by Gasteiger charge is -2.07. The summed E-state index contributed by atoms with van der Waals surface area (Å²) in [7, 11) is 0. The third-order valence-electron chi connectivity index (χ3n) is 2.00. The Labute approximate surface area is 95.1 Å². The molecule has 0 fully saturated rings. The molecule has 0 bridgehead atoms. The molecule has 88 valence electrons. The van der Waals surface area contributed by atoms with Gasteiger partial charge in [-0.3, -0.25) is 4.79 Å². The maximum absolute atomic E-state index is 13.2. The highest BCUT2D eigenvalue weighted by Crippen LogP contribution is 2.17. The van der Waals surface area contributed by atoms with E-state index in [4.69, 9.17) is 4.55 Å². The van der Waals surface area contributed by atoms with Gasteiger partial charge >= 0.3 is 0 Å². The molecule has 0 saturated carbocycles. The van der Waals surface area contributed by atoms with Gasteiger partial charge in [-0.2, -0.15) is 0 Å². The second-order valence-corrected chi connectivity index (χ2v) is 4.05. The van der Waals surface area contributed by atoms with Crippen LogP contribution in [0.25, 0.3) is 0 Å². The molecule has 0 aliphatic rings. The van der Waals surface area contributed by atoms with Gasteiger partial charge in [0.15, 0.2) is 16.9 Å². The van der Waals surface area contributed by atoms with Crippen molar-refractivity contribution in [1.29, 1.82) is 0 Å². The molecule has 4 nitrogen and oxygen atoms in total. The van der Waals surface area contributed by atoms with Crippen LogP contribution in [0.5, 0.6) is 0 Å². The molecule has 0 heterocycles. The molecular weight excluding hydrogens is 233 g/mol. The summed E-state index contributed by atoms with van der Waals surface area (Å²) in [4.78, 5) is 11.4. The summed E-state index contributed by atoms with van der Waals surface area (Å²) in [6.45, 7) is 1.71. The number of anilines is 1. The highest BCUT2D eigenvalue weighted by molar-refractivity contribution is 7.79. The molecule has 0 aliphatic heterocycles. The molecule has 1 aromatic rings. The molecule has 2 N–H and O–H groups in total. The van der Waals surface area contributed by atoms with E-state index < -0.39 is 16.9 Å². The second-order valence-electron chi connectivity index (χ2n) is 3.11. The summed E-state index contributed by atoms with van der Waals surface area (Å²) in [5, 5.41) is 2.45. The van der Waals surface area contributed by atoms with Crippen molar-refractivity contribution in [3.05, 3.63) is 29.6 Å². The van der Waals surface area contributed by atoms with Crippen molar-refractivity contribution in [1.82, 2.24) is 0 Å². The van der Waals surface area contributed by atoms with Crippen LogP contribution in [0.15, 0.2) is 18.2 Å². The zero-order chi connectivity index (χ0) is 12.1. The van der Waals surface area contributed by atoms with E-state index in [1.807, 2.05) is 0 Å². The van der Waals surface area contributed by atoms with Gasteiger partial charge in [0.1, 0.15) is 11.7 Å². The second kappa shape index (κ2) is 5.72. The van der Waals surface area contributed by atoms with E-state index in [1.165, 1.54) is 12.1 Å². The molecule has 6 heteroatoms. The summed E-state index contributed by atoms with van der Waals surface area (Å²) in [6, 6.07) is 3.89. The van der Waals surface area contributed by atoms with Crippen molar-refractivity contribution < 1.29 is 17.9 Å². The summed E-state index contributed by atoms with van der Waals surface area (Å²) in [6.07, 6.45) is 0.330. The monoisotopic (exact) mass is 245 g/mol. The lowest BCUT2D eigenvalue weighted by atomic mass is 10.1. The molecule has 0 aromatic heterocycles. The molecule has 1 atom stereocenters. The summed E-state index contributed by atoms with van der Waals surface area (Å²) < 4.78 is 32.2. The standard InChI is InChI=1S/C10H12FNO3S/c1-2-10(13)7-3-4-8(11)9(5-7)12-6-16(14)15/h3-5,12H,2,6H2,1H3,(H,14,15). The number of benzene rings is 1. The van der Waals surface area contributed by atoms with Gasteiger partial charge in [0.2, 0.25) is 0 Å². The van der Waals surface area contributed by atoms with Crippen LogP contribution >= 0.6 is 0 Å². The number of halogens is 1. The van der Waals surface area contributed by atoms with Crippen LogP contribution in [0.4, 0.5) is 10.1 Å². The molecule has 0 spiro atoms. The van der Waals surface area contributed by atoms with E-state index in [0.29, 0.717) is 12.0 Å². The minimum Gasteiger partial charge on any atom is -0.369 e. The first kappa shape index (κ1) is 12.8. The first-order chi connectivity index (χ1) is 7.54. The molecule has 16 heavy (non-hydrogen) atoms. The van der Waals surface area contributed by atoms with Gasteiger partial charge in [0.05, 0.1) is 5.69 Å². The van der Waals surface area contributed by atoms with E-state index in [1.54, 1.807) is 6.92 Å². The summed E-state index contributed by atoms with van der Waals surface area (Å²) in [5.41, 5.74) is 0.442. The van der Waals surface area contributed by atoms with E-state index in [-0.39, 0.29) is 17.3 Å². The van der Waals surface area contributed by atoms with E-state index >= 15 is 0 Å². The molecular formula is C10H12FNO3S. The first-order valence-corrected chi connectivity index (χ1v) is 5.96. The molecule has 0 aliphatic carbocycles. The fourth-order valence-corrected chi connectivity index (χ4v) is 1.46. The molecule has 0 saturated heterocycles. The Kier molecular flexibility index (Phi) is 4.57. The van der Waals surface area contributed by atoms with Gasteiger partial charge in [-0.15, -0.1) is 0 Å².